The van der Waals surface area contributed by atoms with Gasteiger partial charge in [-0.1, -0.05) is 11.6 Å². The summed E-state index contributed by atoms with van der Waals surface area (Å²) in [7, 11) is 1.74. The smallest absolute Gasteiger partial charge is 0.250 e. The number of nitrogens with zero attached hydrogens (tertiary/aromatic N) is 4. The number of amides is 1. The average molecular weight is 267 g/mol. The van der Waals surface area contributed by atoms with Gasteiger partial charge in [-0.15, -0.1) is 0 Å². The first-order valence-electron chi connectivity index (χ1n) is 5.11. The summed E-state index contributed by atoms with van der Waals surface area (Å²) < 4.78 is 1.55. The molecule has 2 aromatic heterocycles. The second-order valence-corrected chi connectivity index (χ2v) is 3.93. The zero-order valence-electron chi connectivity index (χ0n) is 9.81. The number of anilines is 1. The van der Waals surface area contributed by atoms with Crippen molar-refractivity contribution in [3.8, 4) is 0 Å². The van der Waals surface area contributed by atoms with Crippen LogP contribution in [0.25, 0.3) is 6.08 Å². The predicted molar refractivity (Wildman–Crippen MR) is 67.0 cm³/mol. The van der Waals surface area contributed by atoms with Crippen molar-refractivity contribution in [3.05, 3.63) is 28.8 Å². The zero-order chi connectivity index (χ0) is 13.1. The van der Waals surface area contributed by atoms with Crippen LogP contribution < -0.4 is 5.32 Å². The van der Waals surface area contributed by atoms with Gasteiger partial charge in [0.2, 0.25) is 5.95 Å². The largest absolute Gasteiger partial charge is 0.291 e. The summed E-state index contributed by atoms with van der Waals surface area (Å²) in [6.45, 7) is 1.82. The maximum atomic E-state index is 11.6. The SMILES string of the molecule is Cc1nn(C)c(Cl)c1/C=C/C(=O)Nc1ncn[nH]1. The first kappa shape index (κ1) is 12.3. The third kappa shape index (κ3) is 2.57. The number of hydrogen-bond donors (Lipinski definition) is 2. The summed E-state index contributed by atoms with van der Waals surface area (Å²) in [4.78, 5) is 15.3. The molecule has 2 rings (SSSR count). The van der Waals surface area contributed by atoms with E-state index in [1.54, 1.807) is 17.8 Å². The van der Waals surface area contributed by atoms with Crippen molar-refractivity contribution in [3.63, 3.8) is 0 Å². The van der Waals surface area contributed by atoms with Crippen LogP contribution in [0.4, 0.5) is 5.95 Å². The fraction of sp³-hybridized carbons (Fsp3) is 0.200. The van der Waals surface area contributed by atoms with Crippen molar-refractivity contribution in [2.45, 2.75) is 6.92 Å². The van der Waals surface area contributed by atoms with E-state index in [1.165, 1.54) is 12.4 Å². The highest BCUT2D eigenvalue weighted by atomic mass is 35.5. The first-order chi connectivity index (χ1) is 8.58. The van der Waals surface area contributed by atoms with Crippen LogP contribution in [-0.2, 0) is 11.8 Å². The van der Waals surface area contributed by atoms with Crippen molar-refractivity contribution in [1.82, 2.24) is 25.0 Å². The highest BCUT2D eigenvalue weighted by Crippen LogP contribution is 2.19. The third-order valence-corrected chi connectivity index (χ3v) is 2.70. The summed E-state index contributed by atoms with van der Waals surface area (Å²) in [5, 5.41) is 13.3. The molecule has 0 aliphatic carbocycles. The fourth-order valence-electron chi connectivity index (χ4n) is 1.42. The number of aryl methyl sites for hydroxylation is 2. The second kappa shape index (κ2) is 5.01. The topological polar surface area (TPSA) is 88.5 Å². The lowest BCUT2D eigenvalue weighted by molar-refractivity contribution is -0.111. The molecule has 2 heterocycles. The number of halogens is 1. The number of aromatic amines is 1. The molecule has 0 aliphatic heterocycles. The molecule has 0 radical (unpaired) electrons. The quantitative estimate of drug-likeness (QED) is 0.816. The summed E-state index contributed by atoms with van der Waals surface area (Å²) in [5.41, 5.74) is 1.47. The Bertz CT molecular complexity index is 586. The maximum absolute atomic E-state index is 11.6. The Morgan fingerprint density at radius 1 is 1.61 bits per heavy atom. The molecule has 94 valence electrons. The molecule has 0 bridgehead atoms. The van der Waals surface area contributed by atoms with E-state index in [9.17, 15) is 4.79 Å². The molecule has 2 N–H and O–H groups in total. The van der Waals surface area contributed by atoms with Crippen molar-refractivity contribution < 1.29 is 4.79 Å². The molecule has 0 aliphatic rings. The number of carbonyl (C=O) groups excluding carboxylic acids is 1. The minimum Gasteiger partial charge on any atom is -0.291 e. The molecule has 0 atom stereocenters. The number of hydrogen-bond acceptors (Lipinski definition) is 4. The standard InChI is InChI=1S/C10H11ClN6O/c1-6-7(9(11)17(2)16-6)3-4-8(18)14-10-12-5-13-15-10/h3-5H,1-2H3,(H2,12,13,14,15,18)/b4-3+. The molecule has 2 aromatic rings. The lowest BCUT2D eigenvalue weighted by atomic mass is 10.2. The van der Waals surface area contributed by atoms with Gasteiger partial charge in [0, 0.05) is 18.7 Å². The van der Waals surface area contributed by atoms with Crippen molar-refractivity contribution in [1.29, 1.82) is 0 Å². The van der Waals surface area contributed by atoms with Gasteiger partial charge in [-0.2, -0.15) is 15.2 Å². The molecule has 0 aromatic carbocycles. The first-order valence-corrected chi connectivity index (χ1v) is 5.49. The lowest BCUT2D eigenvalue weighted by Crippen LogP contribution is -2.09. The molecule has 0 spiro atoms. The van der Waals surface area contributed by atoms with E-state index in [2.05, 4.69) is 25.6 Å². The molecular weight excluding hydrogens is 256 g/mol. The average Bonchev–Trinajstić information content (AvgIpc) is 2.88. The Balaban J connectivity index is 2.09. The monoisotopic (exact) mass is 266 g/mol. The number of aromatic nitrogens is 5. The van der Waals surface area contributed by atoms with Gasteiger partial charge >= 0.3 is 0 Å². The van der Waals surface area contributed by atoms with Crippen LogP contribution in [0, 0.1) is 6.92 Å². The minimum atomic E-state index is -0.328. The summed E-state index contributed by atoms with van der Waals surface area (Å²) >= 11 is 6.03. The van der Waals surface area contributed by atoms with Gasteiger partial charge in [0.15, 0.2) is 0 Å². The minimum absolute atomic E-state index is 0.290. The molecule has 18 heavy (non-hydrogen) atoms. The van der Waals surface area contributed by atoms with E-state index >= 15 is 0 Å². The van der Waals surface area contributed by atoms with E-state index in [4.69, 9.17) is 11.6 Å². The van der Waals surface area contributed by atoms with E-state index in [1.807, 2.05) is 6.92 Å². The zero-order valence-corrected chi connectivity index (χ0v) is 10.6. The maximum Gasteiger partial charge on any atom is 0.250 e. The van der Waals surface area contributed by atoms with Gasteiger partial charge in [0.05, 0.1) is 5.69 Å². The Morgan fingerprint density at radius 2 is 2.39 bits per heavy atom. The Labute approximate surface area is 108 Å². The van der Waals surface area contributed by atoms with Gasteiger partial charge in [-0.3, -0.25) is 14.8 Å². The molecule has 0 fully saturated rings. The van der Waals surface area contributed by atoms with Gasteiger partial charge in [-0.05, 0) is 13.0 Å². The lowest BCUT2D eigenvalue weighted by Gasteiger charge is -1.95. The van der Waals surface area contributed by atoms with Crippen LogP contribution in [0.1, 0.15) is 11.3 Å². The number of carbonyl (C=O) groups is 1. The van der Waals surface area contributed by atoms with E-state index < -0.39 is 0 Å². The van der Waals surface area contributed by atoms with Crippen LogP contribution in [0.3, 0.4) is 0 Å². The number of rotatable bonds is 3. The van der Waals surface area contributed by atoms with Crippen LogP contribution >= 0.6 is 11.6 Å². The van der Waals surface area contributed by atoms with Crippen molar-refractivity contribution >= 4 is 29.5 Å². The molecular formula is C10H11ClN6O. The molecule has 8 heteroatoms. The second-order valence-electron chi connectivity index (χ2n) is 3.57. The highest BCUT2D eigenvalue weighted by molar-refractivity contribution is 6.31. The summed E-state index contributed by atoms with van der Waals surface area (Å²) in [6.07, 6.45) is 4.27. The van der Waals surface area contributed by atoms with Gasteiger partial charge in [0.25, 0.3) is 5.91 Å². The molecule has 1 amide bonds. The Kier molecular flexibility index (Phi) is 3.42. The van der Waals surface area contributed by atoms with Crippen LogP contribution in [0.5, 0.6) is 0 Å². The van der Waals surface area contributed by atoms with Gasteiger partial charge in [-0.25, -0.2) is 5.10 Å². The molecule has 7 nitrogen and oxygen atoms in total. The van der Waals surface area contributed by atoms with E-state index in [0.717, 1.165) is 5.69 Å². The van der Waals surface area contributed by atoms with Crippen molar-refractivity contribution in [2.75, 3.05) is 5.32 Å². The normalized spacial score (nSPS) is 11.1. The number of nitrogens with one attached hydrogen (secondary N) is 2. The molecule has 0 saturated heterocycles. The molecule has 0 saturated carbocycles. The predicted octanol–water partition coefficient (Wildman–Crippen LogP) is 1.15. The van der Waals surface area contributed by atoms with Crippen molar-refractivity contribution in [2.24, 2.45) is 7.05 Å². The van der Waals surface area contributed by atoms with Gasteiger partial charge < -0.3 is 0 Å². The Morgan fingerprint density at radius 3 is 2.94 bits per heavy atom. The van der Waals surface area contributed by atoms with Crippen LogP contribution in [0.15, 0.2) is 12.4 Å². The highest BCUT2D eigenvalue weighted by Gasteiger charge is 2.08. The van der Waals surface area contributed by atoms with Crippen LogP contribution in [-0.4, -0.2) is 30.9 Å². The molecule has 0 unspecified atom stereocenters. The summed E-state index contributed by atoms with van der Waals surface area (Å²) in [6, 6.07) is 0. The van der Waals surface area contributed by atoms with E-state index in [-0.39, 0.29) is 5.91 Å². The number of H-pyrrole nitrogens is 1. The summed E-state index contributed by atoms with van der Waals surface area (Å²) in [5.74, 6) is -0.0373. The van der Waals surface area contributed by atoms with Gasteiger partial charge in [0.1, 0.15) is 11.5 Å². The van der Waals surface area contributed by atoms with E-state index in [0.29, 0.717) is 16.7 Å². The Hall–Kier alpha value is -2.15. The fourth-order valence-corrected chi connectivity index (χ4v) is 1.66. The van der Waals surface area contributed by atoms with Crippen LogP contribution in [0.2, 0.25) is 5.15 Å². The third-order valence-electron chi connectivity index (χ3n) is 2.25.